The fraction of sp³-hybridized carbons (Fsp3) is 0.562. The van der Waals surface area contributed by atoms with Crippen molar-refractivity contribution in [3.63, 3.8) is 0 Å². The number of halogens is 2. The highest BCUT2D eigenvalue weighted by Gasteiger charge is 2.31. The van der Waals surface area contributed by atoms with Crippen LogP contribution in [0.25, 0.3) is 0 Å². The van der Waals surface area contributed by atoms with Crippen molar-refractivity contribution >= 4 is 39.1 Å². The van der Waals surface area contributed by atoms with Gasteiger partial charge in [0, 0.05) is 32.7 Å². The third kappa shape index (κ3) is 4.86. The SMILES string of the molecule is CCCNC(=O)[C@H](C)N1CCN(S(=O)(=O)c2ccc(Cl)c(Cl)c2)CC1. The van der Waals surface area contributed by atoms with Crippen molar-refractivity contribution in [2.45, 2.75) is 31.2 Å². The van der Waals surface area contributed by atoms with Crippen LogP contribution in [-0.2, 0) is 14.8 Å². The highest BCUT2D eigenvalue weighted by Crippen LogP contribution is 2.27. The van der Waals surface area contributed by atoms with E-state index < -0.39 is 10.0 Å². The van der Waals surface area contributed by atoms with Crippen molar-refractivity contribution < 1.29 is 13.2 Å². The molecule has 0 aromatic heterocycles. The first kappa shape index (κ1) is 20.5. The number of hydrogen-bond acceptors (Lipinski definition) is 4. The van der Waals surface area contributed by atoms with Crippen LogP contribution < -0.4 is 5.32 Å². The summed E-state index contributed by atoms with van der Waals surface area (Å²) >= 11 is 11.8. The number of amides is 1. The molecule has 0 radical (unpaired) electrons. The number of hydrogen-bond donors (Lipinski definition) is 1. The number of piperazine rings is 1. The molecule has 0 aliphatic carbocycles. The summed E-state index contributed by atoms with van der Waals surface area (Å²) in [5.74, 6) is -0.0253. The van der Waals surface area contributed by atoms with E-state index in [-0.39, 0.29) is 21.9 Å². The number of nitrogens with one attached hydrogen (secondary N) is 1. The maximum absolute atomic E-state index is 12.7. The summed E-state index contributed by atoms with van der Waals surface area (Å²) in [4.78, 5) is 14.2. The molecule has 1 heterocycles. The maximum atomic E-state index is 12.7. The second-order valence-electron chi connectivity index (χ2n) is 5.98. The molecule has 9 heteroatoms. The molecule has 1 fully saturated rings. The van der Waals surface area contributed by atoms with Crippen LogP contribution in [0, 0.1) is 0 Å². The van der Waals surface area contributed by atoms with Crippen LogP contribution in [0.2, 0.25) is 10.0 Å². The summed E-state index contributed by atoms with van der Waals surface area (Å²) in [5, 5.41) is 3.40. The van der Waals surface area contributed by atoms with Crippen LogP contribution in [0.1, 0.15) is 20.3 Å². The highest BCUT2D eigenvalue weighted by atomic mass is 35.5. The summed E-state index contributed by atoms with van der Waals surface area (Å²) in [6.07, 6.45) is 0.883. The molecular formula is C16H23Cl2N3O3S. The number of benzene rings is 1. The first-order valence-electron chi connectivity index (χ1n) is 8.24. The van der Waals surface area contributed by atoms with Crippen molar-refractivity contribution in [2.75, 3.05) is 32.7 Å². The molecule has 1 aromatic rings. The molecule has 1 aliphatic rings. The molecule has 140 valence electrons. The van der Waals surface area contributed by atoms with Crippen molar-refractivity contribution in [2.24, 2.45) is 0 Å². The minimum Gasteiger partial charge on any atom is -0.355 e. The van der Waals surface area contributed by atoms with Crippen molar-refractivity contribution in [1.29, 1.82) is 0 Å². The van der Waals surface area contributed by atoms with E-state index in [0.717, 1.165) is 6.42 Å². The lowest BCUT2D eigenvalue weighted by Crippen LogP contribution is -2.54. The predicted octanol–water partition coefficient (Wildman–Crippen LogP) is 2.21. The van der Waals surface area contributed by atoms with Crippen LogP contribution in [-0.4, -0.2) is 62.3 Å². The minimum atomic E-state index is -3.62. The number of carbonyl (C=O) groups excluding carboxylic acids is 1. The van der Waals surface area contributed by atoms with E-state index in [1.54, 1.807) is 0 Å². The fourth-order valence-electron chi connectivity index (χ4n) is 2.68. The van der Waals surface area contributed by atoms with E-state index in [2.05, 4.69) is 5.32 Å². The lowest BCUT2D eigenvalue weighted by atomic mass is 10.2. The standard InChI is InChI=1S/C16H23Cl2N3O3S/c1-3-6-19-16(22)12(2)20-7-9-21(10-8-20)25(23,24)13-4-5-14(17)15(18)11-13/h4-5,11-12H,3,6-10H2,1-2H3,(H,19,22)/t12-/m0/s1. The van der Waals surface area contributed by atoms with Crippen molar-refractivity contribution in [3.8, 4) is 0 Å². The summed E-state index contributed by atoms with van der Waals surface area (Å²) in [6, 6.07) is 4.03. The molecule has 0 unspecified atom stereocenters. The Kier molecular flexibility index (Phi) is 7.10. The first-order chi connectivity index (χ1) is 11.8. The topological polar surface area (TPSA) is 69.7 Å². The molecule has 1 atom stereocenters. The second kappa shape index (κ2) is 8.68. The molecule has 1 aliphatic heterocycles. The second-order valence-corrected chi connectivity index (χ2v) is 8.74. The molecule has 25 heavy (non-hydrogen) atoms. The Morgan fingerprint density at radius 3 is 2.40 bits per heavy atom. The Labute approximate surface area is 159 Å². The van der Waals surface area contributed by atoms with Gasteiger partial charge in [0.2, 0.25) is 15.9 Å². The molecule has 1 aromatic carbocycles. The number of carbonyl (C=O) groups is 1. The van der Waals surface area contributed by atoms with Gasteiger partial charge in [0.05, 0.1) is 21.0 Å². The molecule has 0 spiro atoms. The summed E-state index contributed by atoms with van der Waals surface area (Å²) in [7, 11) is -3.62. The summed E-state index contributed by atoms with van der Waals surface area (Å²) in [5.41, 5.74) is 0. The molecule has 1 N–H and O–H groups in total. The van der Waals surface area contributed by atoms with E-state index in [0.29, 0.717) is 37.7 Å². The lowest BCUT2D eigenvalue weighted by Gasteiger charge is -2.36. The first-order valence-corrected chi connectivity index (χ1v) is 10.4. The van der Waals surface area contributed by atoms with Gasteiger partial charge < -0.3 is 5.32 Å². The average Bonchev–Trinajstić information content (AvgIpc) is 2.61. The van der Waals surface area contributed by atoms with Crippen LogP contribution >= 0.6 is 23.2 Å². The zero-order chi connectivity index (χ0) is 18.6. The summed E-state index contributed by atoms with van der Waals surface area (Å²) in [6.45, 7) is 6.14. The number of sulfonamides is 1. The normalized spacial score (nSPS) is 18.1. The molecule has 0 bridgehead atoms. The molecule has 1 amide bonds. The van der Waals surface area contributed by atoms with Gasteiger partial charge in [-0.1, -0.05) is 30.1 Å². The monoisotopic (exact) mass is 407 g/mol. The third-order valence-corrected chi connectivity index (χ3v) is 6.91. The van der Waals surface area contributed by atoms with E-state index in [1.165, 1.54) is 22.5 Å². The van der Waals surface area contributed by atoms with Gasteiger partial charge in [0.15, 0.2) is 0 Å². The fourth-order valence-corrected chi connectivity index (χ4v) is 4.49. The van der Waals surface area contributed by atoms with Crippen molar-refractivity contribution in [3.05, 3.63) is 28.2 Å². The lowest BCUT2D eigenvalue weighted by molar-refractivity contribution is -0.126. The van der Waals surface area contributed by atoms with Gasteiger partial charge in [-0.05, 0) is 31.5 Å². The van der Waals surface area contributed by atoms with Gasteiger partial charge in [0.1, 0.15) is 0 Å². The Morgan fingerprint density at radius 2 is 1.84 bits per heavy atom. The minimum absolute atomic E-state index is 0.0253. The molecule has 2 rings (SSSR count). The van der Waals surface area contributed by atoms with Crippen LogP contribution in [0.3, 0.4) is 0 Å². The van der Waals surface area contributed by atoms with E-state index in [1.807, 2.05) is 18.7 Å². The van der Waals surface area contributed by atoms with Crippen LogP contribution in [0.4, 0.5) is 0 Å². The Balaban J connectivity index is 2.01. The van der Waals surface area contributed by atoms with Crippen molar-refractivity contribution in [1.82, 2.24) is 14.5 Å². The number of rotatable bonds is 6. The predicted molar refractivity (Wildman–Crippen MR) is 99.6 cm³/mol. The van der Waals surface area contributed by atoms with Crippen LogP contribution in [0.5, 0.6) is 0 Å². The van der Waals surface area contributed by atoms with Gasteiger partial charge >= 0.3 is 0 Å². The number of nitrogens with zero attached hydrogens (tertiary/aromatic N) is 2. The van der Waals surface area contributed by atoms with Gasteiger partial charge in [-0.3, -0.25) is 9.69 Å². The van der Waals surface area contributed by atoms with E-state index in [9.17, 15) is 13.2 Å². The van der Waals surface area contributed by atoms with Gasteiger partial charge in [-0.2, -0.15) is 4.31 Å². The zero-order valence-electron chi connectivity index (χ0n) is 14.3. The van der Waals surface area contributed by atoms with E-state index >= 15 is 0 Å². The Hall–Kier alpha value is -0.860. The largest absolute Gasteiger partial charge is 0.355 e. The molecule has 0 saturated carbocycles. The van der Waals surface area contributed by atoms with Gasteiger partial charge in [-0.15, -0.1) is 0 Å². The molecule has 1 saturated heterocycles. The third-order valence-electron chi connectivity index (χ3n) is 4.28. The maximum Gasteiger partial charge on any atom is 0.243 e. The Morgan fingerprint density at radius 1 is 1.20 bits per heavy atom. The molecular weight excluding hydrogens is 385 g/mol. The smallest absolute Gasteiger partial charge is 0.243 e. The Bertz CT molecular complexity index is 719. The average molecular weight is 408 g/mol. The van der Waals surface area contributed by atoms with Gasteiger partial charge in [0.25, 0.3) is 0 Å². The highest BCUT2D eigenvalue weighted by molar-refractivity contribution is 7.89. The van der Waals surface area contributed by atoms with Gasteiger partial charge in [-0.25, -0.2) is 8.42 Å². The zero-order valence-corrected chi connectivity index (χ0v) is 16.7. The summed E-state index contributed by atoms with van der Waals surface area (Å²) < 4.78 is 26.9. The molecule has 6 nitrogen and oxygen atoms in total. The van der Waals surface area contributed by atoms with E-state index in [4.69, 9.17) is 23.2 Å². The quantitative estimate of drug-likeness (QED) is 0.784. The van der Waals surface area contributed by atoms with Crippen LogP contribution in [0.15, 0.2) is 23.1 Å².